The van der Waals surface area contributed by atoms with Gasteiger partial charge in [-0.3, -0.25) is 9.20 Å². The number of aromatic nitrogens is 2. The van der Waals surface area contributed by atoms with E-state index in [1.807, 2.05) is 27.1 Å². The van der Waals surface area contributed by atoms with Gasteiger partial charge >= 0.3 is 0 Å². The number of carbonyl (C=O) groups excluding carboxylic acids is 1. The van der Waals surface area contributed by atoms with Gasteiger partial charge in [0.1, 0.15) is 0 Å². The molecule has 5 rings (SSSR count). The van der Waals surface area contributed by atoms with Crippen LogP contribution in [0.1, 0.15) is 24.1 Å². The molecule has 1 saturated heterocycles. The van der Waals surface area contributed by atoms with Crippen molar-refractivity contribution in [3.05, 3.63) is 53.3 Å². The Balaban J connectivity index is 1.14. The first-order valence-electron chi connectivity index (χ1n) is 9.78. The molecule has 1 amide bonds. The number of hydrogen-bond acceptors (Lipinski definition) is 4. The van der Waals surface area contributed by atoms with Crippen molar-refractivity contribution in [3.63, 3.8) is 0 Å². The molecule has 140 valence electrons. The van der Waals surface area contributed by atoms with Gasteiger partial charge in [0, 0.05) is 49.6 Å². The highest BCUT2D eigenvalue weighted by Gasteiger charge is 2.27. The molecule has 2 aromatic heterocycles. The third kappa shape index (κ3) is 3.34. The summed E-state index contributed by atoms with van der Waals surface area (Å²) in [7, 11) is 0. The lowest BCUT2D eigenvalue weighted by Gasteiger charge is -2.34. The van der Waals surface area contributed by atoms with E-state index in [0.717, 1.165) is 56.1 Å². The second kappa shape index (κ2) is 7.00. The molecule has 0 N–H and O–H groups in total. The van der Waals surface area contributed by atoms with Gasteiger partial charge in [-0.25, -0.2) is 4.98 Å². The van der Waals surface area contributed by atoms with E-state index < -0.39 is 0 Å². The number of anilines is 1. The molecule has 2 aliphatic heterocycles. The van der Waals surface area contributed by atoms with Crippen LogP contribution >= 0.6 is 11.3 Å². The summed E-state index contributed by atoms with van der Waals surface area (Å²) in [6, 6.07) is 8.77. The smallest absolute Gasteiger partial charge is 0.228 e. The fraction of sp³-hybridized carbons (Fsp3) is 0.429. The van der Waals surface area contributed by atoms with E-state index in [9.17, 15) is 4.79 Å². The molecule has 0 radical (unpaired) electrons. The Morgan fingerprint density at radius 2 is 2.04 bits per heavy atom. The molecule has 0 bridgehead atoms. The quantitative estimate of drug-likeness (QED) is 0.698. The second-order valence-electron chi connectivity index (χ2n) is 7.65. The summed E-state index contributed by atoms with van der Waals surface area (Å²) in [6.07, 6.45) is 7.74. The van der Waals surface area contributed by atoms with Gasteiger partial charge < -0.3 is 9.80 Å². The van der Waals surface area contributed by atoms with Crippen LogP contribution < -0.4 is 4.90 Å². The van der Waals surface area contributed by atoms with Gasteiger partial charge in [-0.2, -0.15) is 0 Å². The second-order valence-corrected chi connectivity index (χ2v) is 8.52. The van der Waals surface area contributed by atoms with Gasteiger partial charge in [0.15, 0.2) is 4.96 Å². The molecule has 6 heteroatoms. The predicted molar refractivity (Wildman–Crippen MR) is 108 cm³/mol. The normalized spacial score (nSPS) is 17.6. The zero-order valence-electron chi connectivity index (χ0n) is 15.4. The average Bonchev–Trinajstić information content (AvgIpc) is 3.38. The Morgan fingerprint density at radius 3 is 2.89 bits per heavy atom. The molecule has 27 heavy (non-hydrogen) atoms. The first kappa shape index (κ1) is 16.8. The Hall–Kier alpha value is -2.34. The first-order chi connectivity index (χ1) is 13.3. The number of benzene rings is 1. The molecule has 0 atom stereocenters. The van der Waals surface area contributed by atoms with Crippen molar-refractivity contribution in [2.24, 2.45) is 5.92 Å². The van der Waals surface area contributed by atoms with Crippen molar-refractivity contribution in [3.8, 4) is 0 Å². The minimum Gasteiger partial charge on any atom is -0.371 e. The Bertz CT molecular complexity index is 925. The lowest BCUT2D eigenvalue weighted by molar-refractivity contribution is -0.131. The number of likely N-dealkylation sites (tertiary alicyclic amines) is 1. The first-order valence-corrected chi connectivity index (χ1v) is 10.7. The van der Waals surface area contributed by atoms with Crippen LogP contribution in [-0.2, 0) is 17.6 Å². The van der Waals surface area contributed by atoms with E-state index in [1.165, 1.54) is 11.3 Å². The van der Waals surface area contributed by atoms with Crippen molar-refractivity contribution >= 4 is 27.9 Å². The van der Waals surface area contributed by atoms with Gasteiger partial charge in [0.2, 0.25) is 5.91 Å². The summed E-state index contributed by atoms with van der Waals surface area (Å²) in [4.78, 5) is 22.7. The van der Waals surface area contributed by atoms with E-state index in [-0.39, 0.29) is 5.91 Å². The van der Waals surface area contributed by atoms with E-state index in [1.54, 1.807) is 11.3 Å². The van der Waals surface area contributed by atoms with Gasteiger partial charge in [0.25, 0.3) is 0 Å². The largest absolute Gasteiger partial charge is 0.371 e. The van der Waals surface area contributed by atoms with Crippen molar-refractivity contribution in [1.82, 2.24) is 14.3 Å². The summed E-state index contributed by atoms with van der Waals surface area (Å²) < 4.78 is 1.99. The Labute approximate surface area is 163 Å². The van der Waals surface area contributed by atoms with Crippen LogP contribution in [0.25, 0.3) is 4.96 Å². The molecule has 1 fully saturated rings. The van der Waals surface area contributed by atoms with Crippen LogP contribution in [0, 0.1) is 5.92 Å². The summed E-state index contributed by atoms with van der Waals surface area (Å²) >= 11 is 1.60. The highest BCUT2D eigenvalue weighted by molar-refractivity contribution is 7.15. The molecule has 3 aromatic rings. The van der Waals surface area contributed by atoms with Gasteiger partial charge in [-0.05, 0) is 36.8 Å². The summed E-state index contributed by atoms with van der Waals surface area (Å²) in [6.45, 7) is 4.01. The van der Waals surface area contributed by atoms with Crippen LogP contribution in [0.2, 0.25) is 0 Å². The van der Waals surface area contributed by atoms with Crippen LogP contribution in [-0.4, -0.2) is 46.4 Å². The zero-order chi connectivity index (χ0) is 18.2. The van der Waals surface area contributed by atoms with E-state index in [4.69, 9.17) is 0 Å². The zero-order valence-corrected chi connectivity index (χ0v) is 16.2. The monoisotopic (exact) mass is 380 g/mol. The number of carbonyl (C=O) groups is 1. The number of amides is 1. The number of imidazole rings is 1. The van der Waals surface area contributed by atoms with Gasteiger partial charge in [-0.1, -0.05) is 18.2 Å². The molecular formula is C21H24N4OS. The summed E-state index contributed by atoms with van der Waals surface area (Å²) in [5, 5.41) is 2.01. The molecule has 0 saturated carbocycles. The van der Waals surface area contributed by atoms with Crippen molar-refractivity contribution in [2.75, 3.05) is 31.1 Å². The number of rotatable bonds is 4. The minimum absolute atomic E-state index is 0.214. The number of fused-ring (bicyclic) bond motifs is 2. The molecule has 5 nitrogen and oxygen atoms in total. The van der Waals surface area contributed by atoms with Gasteiger partial charge in [-0.15, -0.1) is 11.3 Å². The van der Waals surface area contributed by atoms with Crippen molar-refractivity contribution in [1.29, 1.82) is 0 Å². The highest BCUT2D eigenvalue weighted by atomic mass is 32.1. The maximum absolute atomic E-state index is 12.7. The van der Waals surface area contributed by atoms with Crippen molar-refractivity contribution in [2.45, 2.75) is 25.7 Å². The maximum Gasteiger partial charge on any atom is 0.228 e. The number of nitrogens with zero attached hydrogens (tertiary/aromatic N) is 4. The maximum atomic E-state index is 12.7. The number of para-hydroxylation sites is 1. The van der Waals surface area contributed by atoms with E-state index in [2.05, 4.69) is 34.1 Å². The van der Waals surface area contributed by atoms with Crippen molar-refractivity contribution < 1.29 is 4.79 Å². The molecule has 0 spiro atoms. The number of piperidine rings is 1. The third-order valence-corrected chi connectivity index (χ3v) is 6.68. The number of hydrogen-bond donors (Lipinski definition) is 0. The van der Waals surface area contributed by atoms with Gasteiger partial charge in [0.05, 0.1) is 12.1 Å². The third-order valence-electron chi connectivity index (χ3n) is 5.90. The van der Waals surface area contributed by atoms with Crippen LogP contribution in [0.5, 0.6) is 0 Å². The molecule has 2 aliphatic rings. The molecule has 0 aliphatic carbocycles. The summed E-state index contributed by atoms with van der Waals surface area (Å²) in [5.41, 5.74) is 3.77. The summed E-state index contributed by atoms with van der Waals surface area (Å²) in [5.74, 6) is 0.892. The average molecular weight is 381 g/mol. The Kier molecular flexibility index (Phi) is 4.36. The molecule has 4 heterocycles. The lowest BCUT2D eigenvalue weighted by Crippen LogP contribution is -2.42. The minimum atomic E-state index is 0.214. The van der Waals surface area contributed by atoms with Crippen LogP contribution in [0.15, 0.2) is 42.0 Å². The topological polar surface area (TPSA) is 40.9 Å². The number of thiazole rings is 1. The van der Waals surface area contributed by atoms with E-state index >= 15 is 0 Å². The van der Waals surface area contributed by atoms with E-state index in [0.29, 0.717) is 12.3 Å². The van der Waals surface area contributed by atoms with Crippen LogP contribution in [0.3, 0.4) is 0 Å². The van der Waals surface area contributed by atoms with Crippen LogP contribution in [0.4, 0.5) is 5.69 Å². The standard InChI is InChI=1S/C21H24N4OS/c26-20(13-18-15-25-11-12-27-21(25)22-18)23-8-5-16(6-9-23)14-24-10-7-17-3-1-2-4-19(17)24/h1-4,11-12,15-16H,5-10,13-14H2. The fourth-order valence-corrected chi connectivity index (χ4v) is 5.12. The predicted octanol–water partition coefficient (Wildman–Crippen LogP) is 3.24. The highest BCUT2D eigenvalue weighted by Crippen LogP contribution is 2.30. The lowest BCUT2D eigenvalue weighted by atomic mass is 9.96. The fourth-order valence-electron chi connectivity index (χ4n) is 4.40. The molecular weight excluding hydrogens is 356 g/mol. The SMILES string of the molecule is O=C(Cc1cn2ccsc2n1)N1CCC(CN2CCc3ccccc32)CC1. The Morgan fingerprint density at radius 1 is 1.19 bits per heavy atom. The molecule has 1 aromatic carbocycles. The molecule has 0 unspecified atom stereocenters.